The minimum Gasteiger partial charge on any atom is -0.496 e. The van der Waals surface area contributed by atoms with Crippen LogP contribution in [-0.2, 0) is 16.8 Å². The molecule has 0 spiro atoms. The molecule has 1 aliphatic rings. The fraction of sp³-hybridized carbons (Fsp3) is 0.231. The van der Waals surface area contributed by atoms with E-state index in [4.69, 9.17) is 9.47 Å². The number of aromatic nitrogens is 4. The van der Waals surface area contributed by atoms with Gasteiger partial charge >= 0.3 is 5.97 Å². The number of para-hydroxylation sites is 1. The van der Waals surface area contributed by atoms with E-state index in [-0.39, 0.29) is 22.8 Å². The molecule has 0 bridgehead atoms. The van der Waals surface area contributed by atoms with Gasteiger partial charge in [0.1, 0.15) is 12.4 Å². The Kier molecular flexibility index (Phi) is 6.53. The van der Waals surface area contributed by atoms with E-state index >= 15 is 0 Å². The van der Waals surface area contributed by atoms with Crippen molar-refractivity contribution in [3.8, 4) is 22.1 Å². The topological polar surface area (TPSA) is 136 Å². The van der Waals surface area contributed by atoms with Crippen molar-refractivity contribution >= 4 is 28.3 Å². The molecule has 0 saturated heterocycles. The first-order valence-corrected chi connectivity index (χ1v) is 12.3. The minimum atomic E-state index is -0.821. The summed E-state index contributed by atoms with van der Waals surface area (Å²) in [6.07, 6.45) is 4.35. The highest BCUT2D eigenvalue weighted by Gasteiger charge is 2.51. The summed E-state index contributed by atoms with van der Waals surface area (Å²) in [5, 5.41) is 20.7. The third kappa shape index (κ3) is 4.98. The van der Waals surface area contributed by atoms with Gasteiger partial charge in [-0.2, -0.15) is 0 Å². The Labute approximate surface area is 216 Å². The van der Waals surface area contributed by atoms with Crippen molar-refractivity contribution in [2.24, 2.45) is 0 Å². The first kappa shape index (κ1) is 24.3. The Bertz CT molecular complexity index is 1470. The Morgan fingerprint density at radius 2 is 1.89 bits per heavy atom. The lowest BCUT2D eigenvalue weighted by atomic mass is 9.98. The van der Waals surface area contributed by atoms with E-state index < -0.39 is 11.4 Å². The first-order chi connectivity index (χ1) is 17.9. The van der Waals surface area contributed by atoms with Crippen LogP contribution in [0.25, 0.3) is 11.1 Å². The molecule has 3 aromatic heterocycles. The third-order valence-corrected chi connectivity index (χ3v) is 6.94. The monoisotopic (exact) mass is 517 g/mol. The van der Waals surface area contributed by atoms with Gasteiger partial charge in [-0.25, -0.2) is 0 Å². The van der Waals surface area contributed by atoms with Crippen molar-refractivity contribution in [2.45, 2.75) is 31.8 Å². The van der Waals surface area contributed by atoms with Crippen LogP contribution >= 0.6 is 11.3 Å². The standard InChI is InChI=1S/C26H23N5O5S/c1-15-11-19(18-5-3-4-6-21(18)35-2)20(13-27-15)22(32)29-24-30-31-25(37-24)36-14-17-8-7-16(12-28-17)26(9-10-26)23(33)34/h3-8,11-13H,9-10,14H2,1-2H3,(H,33,34)(H,29,30,32). The second-order valence-corrected chi connectivity index (χ2v) is 9.55. The number of carbonyl (C=O) groups excluding carboxylic acids is 1. The van der Waals surface area contributed by atoms with E-state index in [1.165, 1.54) is 6.20 Å². The first-order valence-electron chi connectivity index (χ1n) is 11.5. The number of carbonyl (C=O) groups is 2. The fourth-order valence-electron chi connectivity index (χ4n) is 3.99. The maximum atomic E-state index is 13.1. The summed E-state index contributed by atoms with van der Waals surface area (Å²) in [5.74, 6) is -0.565. The third-order valence-electron chi connectivity index (χ3n) is 6.19. The Balaban J connectivity index is 1.26. The molecule has 0 radical (unpaired) electrons. The van der Waals surface area contributed by atoms with Crippen LogP contribution in [0.15, 0.2) is 54.9 Å². The van der Waals surface area contributed by atoms with Gasteiger partial charge in [0.15, 0.2) is 0 Å². The predicted octanol–water partition coefficient (Wildman–Crippen LogP) is 4.26. The van der Waals surface area contributed by atoms with Gasteiger partial charge in [-0.1, -0.05) is 29.4 Å². The number of methoxy groups -OCH3 is 1. The van der Waals surface area contributed by atoms with Gasteiger partial charge in [0, 0.05) is 29.2 Å². The maximum Gasteiger partial charge on any atom is 0.314 e. The molecule has 1 amide bonds. The number of carboxylic acids is 1. The van der Waals surface area contributed by atoms with Crippen LogP contribution in [-0.4, -0.2) is 44.3 Å². The molecule has 5 rings (SSSR count). The number of anilines is 1. The summed E-state index contributed by atoms with van der Waals surface area (Å²) in [6.45, 7) is 1.98. The molecule has 2 N–H and O–H groups in total. The molecule has 11 heteroatoms. The van der Waals surface area contributed by atoms with E-state index in [0.717, 1.165) is 22.6 Å². The second kappa shape index (κ2) is 9.94. The highest BCUT2D eigenvalue weighted by atomic mass is 32.1. The van der Waals surface area contributed by atoms with Crippen molar-refractivity contribution in [3.63, 3.8) is 0 Å². The Hall–Kier alpha value is -4.38. The van der Waals surface area contributed by atoms with Crippen LogP contribution in [0.3, 0.4) is 0 Å². The molecule has 4 aromatic rings. The quantitative estimate of drug-likeness (QED) is 0.334. The van der Waals surface area contributed by atoms with E-state index in [1.807, 2.05) is 37.3 Å². The van der Waals surface area contributed by atoms with Crippen LogP contribution in [0.1, 0.15) is 40.2 Å². The van der Waals surface area contributed by atoms with Crippen LogP contribution in [0.4, 0.5) is 5.13 Å². The molecule has 0 aliphatic heterocycles. The minimum absolute atomic E-state index is 0.128. The molecule has 1 aliphatic carbocycles. The Morgan fingerprint density at radius 1 is 1.08 bits per heavy atom. The molecular weight excluding hydrogens is 494 g/mol. The van der Waals surface area contributed by atoms with Crippen LogP contribution in [0, 0.1) is 6.92 Å². The number of nitrogens with zero attached hydrogens (tertiary/aromatic N) is 4. The largest absolute Gasteiger partial charge is 0.496 e. The second-order valence-electron chi connectivity index (χ2n) is 8.61. The summed E-state index contributed by atoms with van der Waals surface area (Å²) in [4.78, 5) is 33.2. The molecule has 37 heavy (non-hydrogen) atoms. The summed E-state index contributed by atoms with van der Waals surface area (Å²) >= 11 is 1.08. The van der Waals surface area contributed by atoms with Gasteiger partial charge in [-0.05, 0) is 54.9 Å². The SMILES string of the molecule is COc1ccccc1-c1cc(C)ncc1C(=O)Nc1nnc(OCc2ccc(C3(C(=O)O)CC3)cn2)s1. The van der Waals surface area contributed by atoms with Crippen molar-refractivity contribution in [1.82, 2.24) is 20.2 Å². The lowest BCUT2D eigenvalue weighted by Gasteiger charge is -2.13. The molecule has 1 fully saturated rings. The van der Waals surface area contributed by atoms with Crippen molar-refractivity contribution in [2.75, 3.05) is 12.4 Å². The van der Waals surface area contributed by atoms with Crippen LogP contribution < -0.4 is 14.8 Å². The highest BCUT2D eigenvalue weighted by Crippen LogP contribution is 2.48. The average Bonchev–Trinajstić information content (AvgIpc) is 3.61. The van der Waals surface area contributed by atoms with Crippen molar-refractivity contribution < 1.29 is 24.2 Å². The van der Waals surface area contributed by atoms with Gasteiger partial charge in [-0.3, -0.25) is 24.9 Å². The van der Waals surface area contributed by atoms with Crippen LogP contribution in [0.2, 0.25) is 0 Å². The van der Waals surface area contributed by atoms with Crippen molar-refractivity contribution in [3.05, 3.63) is 77.4 Å². The van der Waals surface area contributed by atoms with E-state index in [1.54, 1.807) is 25.4 Å². The fourth-order valence-corrected chi connectivity index (χ4v) is 4.58. The number of ether oxygens (including phenoxy) is 2. The molecule has 0 unspecified atom stereocenters. The number of aryl methyl sites for hydroxylation is 1. The summed E-state index contributed by atoms with van der Waals surface area (Å²) in [5.41, 5.74) is 3.12. The predicted molar refractivity (Wildman–Crippen MR) is 136 cm³/mol. The van der Waals surface area contributed by atoms with Crippen molar-refractivity contribution in [1.29, 1.82) is 0 Å². The number of rotatable bonds is 9. The smallest absolute Gasteiger partial charge is 0.314 e. The number of hydrogen-bond donors (Lipinski definition) is 2. The van der Waals surface area contributed by atoms with E-state index in [9.17, 15) is 14.7 Å². The molecular formula is C26H23N5O5S. The molecule has 188 valence electrons. The number of nitrogens with one attached hydrogen (secondary N) is 1. The average molecular weight is 518 g/mol. The zero-order valence-electron chi connectivity index (χ0n) is 20.1. The summed E-state index contributed by atoms with van der Waals surface area (Å²) < 4.78 is 11.1. The molecule has 0 atom stereocenters. The number of hydrogen-bond acceptors (Lipinski definition) is 9. The van der Waals surface area contributed by atoms with E-state index in [0.29, 0.717) is 41.0 Å². The molecule has 1 saturated carbocycles. The number of benzene rings is 1. The zero-order chi connectivity index (χ0) is 26.0. The van der Waals surface area contributed by atoms with Crippen LogP contribution in [0.5, 0.6) is 10.9 Å². The normalized spacial score (nSPS) is 13.6. The Morgan fingerprint density at radius 3 is 2.59 bits per heavy atom. The number of pyridine rings is 2. The lowest BCUT2D eigenvalue weighted by Crippen LogP contribution is -2.19. The van der Waals surface area contributed by atoms with Gasteiger partial charge in [0.05, 0.1) is 23.8 Å². The summed E-state index contributed by atoms with van der Waals surface area (Å²) in [6, 6.07) is 12.8. The van der Waals surface area contributed by atoms with Gasteiger partial charge in [0.2, 0.25) is 5.13 Å². The van der Waals surface area contributed by atoms with E-state index in [2.05, 4.69) is 25.5 Å². The molecule has 1 aromatic carbocycles. The van der Waals surface area contributed by atoms with Gasteiger partial charge < -0.3 is 14.6 Å². The van der Waals surface area contributed by atoms with Gasteiger partial charge in [-0.15, -0.1) is 5.10 Å². The lowest BCUT2D eigenvalue weighted by molar-refractivity contribution is -0.140. The highest BCUT2D eigenvalue weighted by molar-refractivity contribution is 7.17. The maximum absolute atomic E-state index is 13.1. The molecule has 10 nitrogen and oxygen atoms in total. The number of amides is 1. The number of carboxylic acid groups (broad SMARTS) is 1. The number of aliphatic carboxylic acids is 1. The zero-order valence-corrected chi connectivity index (χ0v) is 20.9. The summed E-state index contributed by atoms with van der Waals surface area (Å²) in [7, 11) is 1.58. The van der Waals surface area contributed by atoms with Gasteiger partial charge in [0.25, 0.3) is 11.1 Å². The molecule has 3 heterocycles.